The summed E-state index contributed by atoms with van der Waals surface area (Å²) in [5, 5.41) is 0.994. The first-order valence-electron chi connectivity index (χ1n) is 12.3. The van der Waals surface area contributed by atoms with Crippen LogP contribution in [0, 0.1) is 6.92 Å². The molecule has 3 aliphatic rings. The summed E-state index contributed by atoms with van der Waals surface area (Å²) >= 11 is 1.65. The van der Waals surface area contributed by atoms with Crippen molar-refractivity contribution in [3.63, 3.8) is 0 Å². The fourth-order valence-electron chi connectivity index (χ4n) is 5.44. The van der Waals surface area contributed by atoms with E-state index in [-0.39, 0.29) is 10.4 Å². The summed E-state index contributed by atoms with van der Waals surface area (Å²) in [5.41, 5.74) is 3.08. The van der Waals surface area contributed by atoms with E-state index in [0.29, 0.717) is 17.5 Å². The number of nitrogens with zero attached hydrogens (tertiary/aromatic N) is 2. The largest absolute Gasteiger partial charge is 0.495 e. The first-order chi connectivity index (χ1) is 16.7. The lowest BCUT2D eigenvalue weighted by Crippen LogP contribution is -2.48. The van der Waals surface area contributed by atoms with E-state index < -0.39 is 10.0 Å². The predicted octanol–water partition coefficient (Wildman–Crippen LogP) is 6.71. The molecule has 1 aromatic heterocycles. The number of rotatable bonds is 2. The molecule has 8 heteroatoms. The average molecular weight is 512 g/mol. The molecule has 35 heavy (non-hydrogen) atoms. The van der Waals surface area contributed by atoms with Gasteiger partial charge in [0.1, 0.15) is 10.6 Å². The van der Waals surface area contributed by atoms with Gasteiger partial charge in [-0.3, -0.25) is 4.72 Å². The van der Waals surface area contributed by atoms with Gasteiger partial charge < -0.3 is 9.64 Å². The number of benzene rings is 2. The van der Waals surface area contributed by atoms with E-state index in [9.17, 15) is 8.42 Å². The number of thiazole rings is 1. The molecule has 6 rings (SSSR count). The number of nitrogens with one attached hydrogen (secondary N) is 1. The first-order valence-corrected chi connectivity index (χ1v) is 14.6. The highest BCUT2D eigenvalue weighted by Crippen LogP contribution is 2.44. The Labute approximate surface area is 212 Å². The number of sulfonamides is 1. The maximum absolute atomic E-state index is 13.4. The Morgan fingerprint density at radius 1 is 1.06 bits per heavy atom. The quantitative estimate of drug-likeness (QED) is 0.387. The van der Waals surface area contributed by atoms with Crippen molar-refractivity contribution in [2.24, 2.45) is 0 Å². The van der Waals surface area contributed by atoms with Crippen molar-refractivity contribution in [2.45, 2.75) is 75.8 Å². The molecule has 0 saturated heterocycles. The minimum Gasteiger partial charge on any atom is -0.495 e. The number of hydrogen-bond acceptors (Lipinski definition) is 6. The van der Waals surface area contributed by atoms with Crippen LogP contribution in [-0.2, 0) is 15.6 Å². The maximum atomic E-state index is 13.4. The van der Waals surface area contributed by atoms with Crippen molar-refractivity contribution in [3.8, 4) is 16.2 Å². The zero-order valence-corrected chi connectivity index (χ0v) is 22.4. The zero-order valence-electron chi connectivity index (χ0n) is 20.8. The molecule has 2 aromatic carbocycles. The summed E-state index contributed by atoms with van der Waals surface area (Å²) in [6.07, 6.45) is 7.35. The predicted molar refractivity (Wildman–Crippen MR) is 143 cm³/mol. The van der Waals surface area contributed by atoms with Crippen LogP contribution in [0.3, 0.4) is 0 Å². The first kappa shape index (κ1) is 24.1. The standard InChI is InChI=1S/C27H33N3O3S2/c1-18-25-19-11-16-23(33-4)24(17-19)35(31,32)29-21-14-12-20(13-15-21)27(2,3)30(26(28-18)34-25)22-9-7-5-6-8-10-22/h11-17,22,29H,5-10H2,1-4H3. The third kappa shape index (κ3) is 4.42. The van der Waals surface area contributed by atoms with Crippen LogP contribution in [0.5, 0.6) is 5.75 Å². The lowest BCUT2D eigenvalue weighted by atomic mass is 9.89. The molecular formula is C27H33N3O3S2. The smallest absolute Gasteiger partial charge is 0.265 e. The molecule has 6 bridgehead atoms. The molecular weight excluding hydrogens is 478 g/mol. The highest BCUT2D eigenvalue weighted by molar-refractivity contribution is 7.92. The van der Waals surface area contributed by atoms with Crippen LogP contribution in [0.15, 0.2) is 47.4 Å². The Morgan fingerprint density at radius 2 is 1.74 bits per heavy atom. The van der Waals surface area contributed by atoms with Gasteiger partial charge in [-0.1, -0.05) is 49.2 Å². The number of fused-ring (bicyclic) bond motifs is 4. The molecule has 3 heterocycles. The van der Waals surface area contributed by atoms with E-state index in [4.69, 9.17) is 9.72 Å². The van der Waals surface area contributed by atoms with Crippen LogP contribution in [0.25, 0.3) is 10.4 Å². The fraction of sp³-hybridized carbons (Fsp3) is 0.444. The van der Waals surface area contributed by atoms with E-state index in [1.807, 2.05) is 37.3 Å². The maximum Gasteiger partial charge on any atom is 0.265 e. The molecule has 186 valence electrons. The second-order valence-electron chi connectivity index (χ2n) is 10.0. The Balaban J connectivity index is 1.76. The lowest BCUT2D eigenvalue weighted by molar-refractivity contribution is 0.391. The lowest BCUT2D eigenvalue weighted by Gasteiger charge is -2.44. The summed E-state index contributed by atoms with van der Waals surface area (Å²) in [6, 6.07) is 13.5. The molecule has 0 amide bonds. The molecule has 0 unspecified atom stereocenters. The highest BCUT2D eigenvalue weighted by atomic mass is 32.2. The van der Waals surface area contributed by atoms with Crippen molar-refractivity contribution in [2.75, 3.05) is 16.7 Å². The molecule has 2 aliphatic heterocycles. The SMILES string of the molecule is COc1ccc2cc1S(=O)(=O)Nc1ccc(cc1)C(C)(C)N(C1CCCCCC1)c1nc(C)c-2s1. The number of hydrogen-bond donors (Lipinski definition) is 1. The topological polar surface area (TPSA) is 71.5 Å². The summed E-state index contributed by atoms with van der Waals surface area (Å²) in [6.45, 7) is 6.52. The van der Waals surface area contributed by atoms with Gasteiger partial charge in [0, 0.05) is 11.7 Å². The van der Waals surface area contributed by atoms with Crippen LogP contribution < -0.4 is 14.4 Å². The summed E-state index contributed by atoms with van der Waals surface area (Å²) in [4.78, 5) is 8.72. The number of ether oxygens (including phenoxy) is 1. The van der Waals surface area contributed by atoms with Crippen molar-refractivity contribution in [1.29, 1.82) is 0 Å². The van der Waals surface area contributed by atoms with Crippen LogP contribution in [0.1, 0.15) is 63.6 Å². The van der Waals surface area contributed by atoms with E-state index in [0.717, 1.165) is 39.7 Å². The Morgan fingerprint density at radius 3 is 2.40 bits per heavy atom. The van der Waals surface area contributed by atoms with E-state index in [1.165, 1.54) is 32.8 Å². The molecule has 6 nitrogen and oxygen atoms in total. The minimum atomic E-state index is -3.85. The molecule has 0 spiro atoms. The second-order valence-corrected chi connectivity index (χ2v) is 12.7. The third-order valence-electron chi connectivity index (χ3n) is 7.34. The van der Waals surface area contributed by atoms with Gasteiger partial charge >= 0.3 is 0 Å². The van der Waals surface area contributed by atoms with Crippen molar-refractivity contribution in [1.82, 2.24) is 4.98 Å². The summed E-state index contributed by atoms with van der Waals surface area (Å²) < 4.78 is 34.9. The monoisotopic (exact) mass is 511 g/mol. The van der Waals surface area contributed by atoms with Gasteiger partial charge in [0.25, 0.3) is 10.0 Å². The highest BCUT2D eigenvalue weighted by Gasteiger charge is 2.37. The Kier molecular flexibility index (Phi) is 6.30. The third-order valence-corrected chi connectivity index (χ3v) is 9.95. The molecule has 0 atom stereocenters. The van der Waals surface area contributed by atoms with Gasteiger partial charge in [-0.2, -0.15) is 0 Å². The van der Waals surface area contributed by atoms with Crippen LogP contribution in [-0.4, -0.2) is 26.6 Å². The van der Waals surface area contributed by atoms with E-state index in [1.54, 1.807) is 23.5 Å². The number of aryl methyl sites for hydroxylation is 1. The molecule has 1 N–H and O–H groups in total. The van der Waals surface area contributed by atoms with Gasteiger partial charge in [-0.25, -0.2) is 13.4 Å². The van der Waals surface area contributed by atoms with Gasteiger partial charge in [0.2, 0.25) is 0 Å². The van der Waals surface area contributed by atoms with Gasteiger partial charge in [-0.05, 0) is 75.1 Å². The van der Waals surface area contributed by atoms with Crippen molar-refractivity contribution >= 4 is 32.2 Å². The van der Waals surface area contributed by atoms with Gasteiger partial charge in [0.05, 0.1) is 23.2 Å². The fourth-order valence-corrected chi connectivity index (χ4v) is 7.98. The molecule has 1 saturated carbocycles. The number of aromatic nitrogens is 1. The van der Waals surface area contributed by atoms with Gasteiger partial charge in [-0.15, -0.1) is 0 Å². The molecule has 0 radical (unpaired) electrons. The van der Waals surface area contributed by atoms with Crippen molar-refractivity contribution in [3.05, 3.63) is 53.7 Å². The normalized spacial score (nSPS) is 19.5. The molecule has 3 aromatic rings. The summed E-state index contributed by atoms with van der Waals surface area (Å²) in [5.74, 6) is 0.313. The van der Waals surface area contributed by atoms with Crippen LogP contribution in [0.4, 0.5) is 10.8 Å². The van der Waals surface area contributed by atoms with Gasteiger partial charge in [0.15, 0.2) is 5.13 Å². The number of methoxy groups -OCH3 is 1. The molecule has 1 aliphatic carbocycles. The van der Waals surface area contributed by atoms with Crippen LogP contribution in [0.2, 0.25) is 0 Å². The number of anilines is 2. The van der Waals surface area contributed by atoms with E-state index >= 15 is 0 Å². The van der Waals surface area contributed by atoms with Crippen molar-refractivity contribution < 1.29 is 13.2 Å². The Hall–Kier alpha value is -2.58. The average Bonchev–Trinajstić information content (AvgIpc) is 3.02. The Bertz CT molecular complexity index is 1320. The van der Waals surface area contributed by atoms with E-state index in [2.05, 4.69) is 23.5 Å². The summed E-state index contributed by atoms with van der Waals surface area (Å²) in [7, 11) is -2.36. The molecule has 1 fully saturated rings. The van der Waals surface area contributed by atoms with Crippen LogP contribution >= 0.6 is 11.3 Å². The second kappa shape index (κ2) is 9.13. The minimum absolute atomic E-state index is 0.119. The zero-order chi connectivity index (χ0) is 24.8.